The van der Waals surface area contributed by atoms with E-state index < -0.39 is 0 Å². The molecule has 0 amide bonds. The number of halogens is 1. The molecule has 2 rings (SSSR count). The third kappa shape index (κ3) is 5.21. The van der Waals surface area contributed by atoms with E-state index in [4.69, 9.17) is 4.74 Å². The zero-order valence-electron chi connectivity index (χ0n) is 13.8. The Balaban J connectivity index is 2.03. The molecule has 1 aliphatic carbocycles. The van der Waals surface area contributed by atoms with Crippen molar-refractivity contribution in [3.8, 4) is 5.75 Å². The van der Waals surface area contributed by atoms with Crippen LogP contribution in [0, 0.1) is 0 Å². The van der Waals surface area contributed by atoms with E-state index in [-0.39, 0.29) is 12.4 Å². The lowest BCUT2D eigenvalue weighted by atomic mass is 9.96. The number of carbonyl (C=O) groups excluding carboxylic acids is 1. The summed E-state index contributed by atoms with van der Waals surface area (Å²) in [5, 5.41) is 0.816. The lowest BCUT2D eigenvalue weighted by Gasteiger charge is -2.12. The molecule has 2 nitrogen and oxygen atoms in total. The summed E-state index contributed by atoms with van der Waals surface area (Å²) in [6.07, 6.45) is 9.17. The fourth-order valence-corrected chi connectivity index (χ4v) is 2.88. The zero-order valence-corrected chi connectivity index (χ0v) is 15.4. The lowest BCUT2D eigenvalue weighted by Crippen LogP contribution is -2.14. The molecular weight excluding hydrogens is 352 g/mol. The first-order valence-corrected chi connectivity index (χ1v) is 9.14. The molecule has 0 atom stereocenters. The van der Waals surface area contributed by atoms with Gasteiger partial charge in [-0.25, -0.2) is 0 Å². The van der Waals surface area contributed by atoms with Crippen LogP contribution >= 0.6 is 15.9 Å². The molecule has 3 heteroatoms. The van der Waals surface area contributed by atoms with E-state index in [1.807, 2.05) is 37.3 Å². The zero-order chi connectivity index (χ0) is 16.7. The van der Waals surface area contributed by atoms with Crippen molar-refractivity contribution in [2.24, 2.45) is 0 Å². The summed E-state index contributed by atoms with van der Waals surface area (Å²) in [5.74, 6) is 0.769. The molecule has 1 aromatic carbocycles. The van der Waals surface area contributed by atoms with Gasteiger partial charge in [0.1, 0.15) is 5.75 Å². The molecule has 0 unspecified atom stereocenters. The van der Waals surface area contributed by atoms with Crippen molar-refractivity contribution in [3.05, 3.63) is 64.8 Å². The van der Waals surface area contributed by atoms with E-state index in [2.05, 4.69) is 35.0 Å². The third-order valence-corrected chi connectivity index (χ3v) is 4.65. The average molecular weight is 375 g/mol. The van der Waals surface area contributed by atoms with Crippen LogP contribution in [0.15, 0.2) is 59.2 Å². The van der Waals surface area contributed by atoms with Gasteiger partial charge in [0.25, 0.3) is 0 Å². The molecule has 0 N–H and O–H groups in total. The van der Waals surface area contributed by atoms with Gasteiger partial charge >= 0.3 is 0 Å². The number of ether oxygens (including phenoxy) is 1. The van der Waals surface area contributed by atoms with Crippen LogP contribution in [0.5, 0.6) is 5.75 Å². The summed E-state index contributed by atoms with van der Waals surface area (Å²) in [6, 6.07) is 7.79. The molecule has 0 radical (unpaired) electrons. The summed E-state index contributed by atoms with van der Waals surface area (Å²) in [6.45, 7) is 4.25. The normalized spacial score (nSPS) is 21.8. The Morgan fingerprint density at radius 1 is 1.22 bits per heavy atom. The number of rotatable bonds is 6. The van der Waals surface area contributed by atoms with Crippen LogP contribution in [-0.2, 0) is 10.1 Å². The SMILES string of the molecule is CCC1=C/CC/C(C)=C(C(=O)COc2ccc(CBr)cc2)/C=C\1. The Bertz CT molecular complexity index is 636. The number of ketones is 1. The van der Waals surface area contributed by atoms with Gasteiger partial charge in [-0.15, -0.1) is 0 Å². The number of carbonyl (C=O) groups is 1. The van der Waals surface area contributed by atoms with E-state index in [9.17, 15) is 4.79 Å². The second-order valence-corrected chi connectivity index (χ2v) is 6.25. The molecule has 0 aliphatic heterocycles. The summed E-state index contributed by atoms with van der Waals surface area (Å²) in [5.41, 5.74) is 4.40. The summed E-state index contributed by atoms with van der Waals surface area (Å²) >= 11 is 3.41. The summed E-state index contributed by atoms with van der Waals surface area (Å²) in [7, 11) is 0. The van der Waals surface area contributed by atoms with Crippen LogP contribution in [0.1, 0.15) is 38.7 Å². The lowest BCUT2D eigenvalue weighted by molar-refractivity contribution is -0.117. The van der Waals surface area contributed by atoms with E-state index in [0.717, 1.165) is 41.5 Å². The van der Waals surface area contributed by atoms with Crippen molar-refractivity contribution >= 4 is 21.7 Å². The van der Waals surface area contributed by atoms with Gasteiger partial charge in [-0.2, -0.15) is 0 Å². The average Bonchev–Trinajstić information content (AvgIpc) is 2.56. The summed E-state index contributed by atoms with van der Waals surface area (Å²) < 4.78 is 5.65. The fraction of sp³-hybridized carbons (Fsp3) is 0.350. The fourth-order valence-electron chi connectivity index (χ4n) is 2.50. The summed E-state index contributed by atoms with van der Waals surface area (Å²) in [4.78, 5) is 12.5. The monoisotopic (exact) mass is 374 g/mol. The molecule has 122 valence electrons. The highest BCUT2D eigenvalue weighted by molar-refractivity contribution is 9.08. The first kappa shape index (κ1) is 17.7. The van der Waals surface area contributed by atoms with Crippen molar-refractivity contribution in [1.82, 2.24) is 0 Å². The number of Topliss-reactive ketones (excluding diaryl/α,β-unsaturated/α-hetero) is 1. The molecule has 23 heavy (non-hydrogen) atoms. The van der Waals surface area contributed by atoms with Crippen molar-refractivity contribution in [2.45, 2.75) is 38.4 Å². The molecule has 0 saturated heterocycles. The van der Waals surface area contributed by atoms with Crippen LogP contribution in [-0.4, -0.2) is 12.4 Å². The van der Waals surface area contributed by atoms with Crippen LogP contribution in [0.25, 0.3) is 0 Å². The van der Waals surface area contributed by atoms with Gasteiger partial charge < -0.3 is 4.74 Å². The maximum Gasteiger partial charge on any atom is 0.200 e. The minimum atomic E-state index is 0.0423. The standard InChI is InChI=1S/C20H23BrO2/c1-3-16-6-4-5-15(2)19(12-9-16)20(22)14-23-18-10-7-17(13-21)8-11-18/h6-12H,3-5,13-14H2,1-2H3/b12-9-,16-6-,19-15-. The van der Waals surface area contributed by atoms with Gasteiger partial charge in [0, 0.05) is 10.9 Å². The molecule has 0 aromatic heterocycles. The van der Waals surface area contributed by atoms with Gasteiger partial charge in [-0.05, 0) is 43.9 Å². The predicted molar refractivity (Wildman–Crippen MR) is 99.0 cm³/mol. The maximum absolute atomic E-state index is 12.5. The highest BCUT2D eigenvalue weighted by atomic mass is 79.9. The van der Waals surface area contributed by atoms with E-state index in [1.54, 1.807) is 0 Å². The quantitative estimate of drug-likeness (QED) is 0.611. The second-order valence-electron chi connectivity index (χ2n) is 5.69. The van der Waals surface area contributed by atoms with Crippen LogP contribution in [0.3, 0.4) is 0 Å². The van der Waals surface area contributed by atoms with Crippen molar-refractivity contribution in [3.63, 3.8) is 0 Å². The molecular formula is C20H23BrO2. The Morgan fingerprint density at radius 3 is 2.61 bits per heavy atom. The van der Waals surface area contributed by atoms with E-state index in [0.29, 0.717) is 0 Å². The minimum absolute atomic E-state index is 0.0423. The van der Waals surface area contributed by atoms with Crippen LogP contribution in [0.2, 0.25) is 0 Å². The Labute approximate surface area is 147 Å². The molecule has 1 aliphatic rings. The second kappa shape index (κ2) is 8.88. The largest absolute Gasteiger partial charge is 0.485 e. The topological polar surface area (TPSA) is 26.3 Å². The highest BCUT2D eigenvalue weighted by Crippen LogP contribution is 2.20. The van der Waals surface area contributed by atoms with E-state index in [1.165, 1.54) is 11.1 Å². The van der Waals surface area contributed by atoms with Gasteiger partial charge in [-0.1, -0.05) is 64.4 Å². The molecule has 0 bridgehead atoms. The van der Waals surface area contributed by atoms with Gasteiger partial charge in [0.05, 0.1) is 0 Å². The molecule has 0 saturated carbocycles. The van der Waals surface area contributed by atoms with Crippen LogP contribution in [0.4, 0.5) is 0 Å². The molecule has 0 fully saturated rings. The molecule has 1 aromatic rings. The highest BCUT2D eigenvalue weighted by Gasteiger charge is 2.12. The molecule has 0 spiro atoms. The number of hydrogen-bond acceptors (Lipinski definition) is 2. The van der Waals surface area contributed by atoms with Crippen molar-refractivity contribution in [1.29, 1.82) is 0 Å². The predicted octanol–water partition coefficient (Wildman–Crippen LogP) is 5.53. The third-order valence-electron chi connectivity index (χ3n) is 4.01. The van der Waals surface area contributed by atoms with Gasteiger partial charge in [0.2, 0.25) is 0 Å². The number of alkyl halides is 1. The molecule has 0 heterocycles. The minimum Gasteiger partial charge on any atom is -0.485 e. The number of hydrogen-bond donors (Lipinski definition) is 0. The van der Waals surface area contributed by atoms with E-state index >= 15 is 0 Å². The smallest absolute Gasteiger partial charge is 0.200 e. The van der Waals surface area contributed by atoms with Gasteiger partial charge in [0.15, 0.2) is 12.4 Å². The first-order chi connectivity index (χ1) is 11.1. The number of benzene rings is 1. The Kier molecular flexibility index (Phi) is 6.85. The van der Waals surface area contributed by atoms with Crippen molar-refractivity contribution < 1.29 is 9.53 Å². The maximum atomic E-state index is 12.5. The van der Waals surface area contributed by atoms with Gasteiger partial charge in [-0.3, -0.25) is 4.79 Å². The van der Waals surface area contributed by atoms with Crippen LogP contribution < -0.4 is 4.74 Å². The first-order valence-electron chi connectivity index (χ1n) is 8.01. The van der Waals surface area contributed by atoms with Crippen molar-refractivity contribution in [2.75, 3.05) is 6.61 Å². The Hall–Kier alpha value is -1.61. The Morgan fingerprint density at radius 2 is 1.96 bits per heavy atom. The number of allylic oxidation sites excluding steroid dienone is 5.